The number of benzene rings is 3. The molecule has 1 spiro atoms. The Balaban J connectivity index is 1.36. The standard InChI is InChI=1S/C42H45N3O7/c1-26-19-20-27(2)32(23-26)44-22-12-21-42-36(39(48)45(38(42)40(44)49)31(25-46)24-29-13-6-4-7-14-29)35-33(52-42)17-10-11-18-34(47)43-28(3)37(51-41(35)50)30-15-8-5-9-16-30/h4-10,12-17,19-21,23,28,31,33,35-38,46H,11,18,22,24-25H2,1-3H3,(H,43,47)/b17-10-/t28-,31-,33-,35+,36+,37+,38-,42+/m1/s1. The second-order valence-corrected chi connectivity index (χ2v) is 14.3. The van der Waals surface area contributed by atoms with E-state index >= 15 is 9.59 Å². The van der Waals surface area contributed by atoms with Crippen LogP contribution in [0.2, 0.25) is 0 Å². The van der Waals surface area contributed by atoms with Crippen LogP contribution in [0.1, 0.15) is 48.1 Å². The lowest BCUT2D eigenvalue weighted by molar-refractivity contribution is -0.161. The summed E-state index contributed by atoms with van der Waals surface area (Å²) in [5.74, 6) is -3.92. The van der Waals surface area contributed by atoms with Crippen LogP contribution < -0.4 is 10.2 Å². The number of amides is 3. The Bertz CT molecular complexity index is 1900. The number of aliphatic hydroxyl groups excluding tert-OH is 1. The van der Waals surface area contributed by atoms with Gasteiger partial charge < -0.3 is 29.7 Å². The van der Waals surface area contributed by atoms with E-state index in [0.717, 1.165) is 16.7 Å². The second kappa shape index (κ2) is 14.5. The summed E-state index contributed by atoms with van der Waals surface area (Å²) in [5, 5.41) is 13.9. The number of cyclic esters (lactones) is 1. The van der Waals surface area contributed by atoms with Gasteiger partial charge in [-0.15, -0.1) is 0 Å². The monoisotopic (exact) mass is 703 g/mol. The minimum absolute atomic E-state index is 0.183. The molecule has 270 valence electrons. The maximum Gasteiger partial charge on any atom is 0.313 e. The van der Waals surface area contributed by atoms with Gasteiger partial charge in [-0.25, -0.2) is 0 Å². The lowest BCUT2D eigenvalue weighted by Gasteiger charge is -2.39. The Kier molecular flexibility index (Phi) is 9.87. The summed E-state index contributed by atoms with van der Waals surface area (Å²) < 4.78 is 13.2. The number of nitrogens with one attached hydrogen (secondary N) is 1. The number of fused-ring (bicyclic) bond motifs is 2. The van der Waals surface area contributed by atoms with E-state index in [1.807, 2.05) is 98.8 Å². The van der Waals surface area contributed by atoms with Gasteiger partial charge in [0.25, 0.3) is 5.91 Å². The molecule has 4 aliphatic heterocycles. The maximum atomic E-state index is 15.1. The third kappa shape index (κ3) is 6.34. The van der Waals surface area contributed by atoms with Crippen LogP contribution in [0.4, 0.5) is 5.69 Å². The van der Waals surface area contributed by atoms with Crippen LogP contribution in [0.5, 0.6) is 0 Å². The Morgan fingerprint density at radius 1 is 0.942 bits per heavy atom. The van der Waals surface area contributed by atoms with Crippen molar-refractivity contribution in [2.75, 3.05) is 18.1 Å². The van der Waals surface area contributed by atoms with Crippen molar-refractivity contribution < 1.29 is 33.8 Å². The van der Waals surface area contributed by atoms with Gasteiger partial charge in [0.1, 0.15) is 23.7 Å². The predicted octanol–water partition coefficient (Wildman–Crippen LogP) is 4.53. The summed E-state index contributed by atoms with van der Waals surface area (Å²) in [6.07, 6.45) is 6.25. The van der Waals surface area contributed by atoms with Crippen molar-refractivity contribution in [3.05, 3.63) is 125 Å². The molecule has 3 aromatic carbocycles. The van der Waals surface area contributed by atoms with Crippen molar-refractivity contribution >= 4 is 29.4 Å². The molecule has 3 amide bonds. The molecular weight excluding hydrogens is 658 g/mol. The largest absolute Gasteiger partial charge is 0.455 e. The molecule has 2 fully saturated rings. The van der Waals surface area contributed by atoms with Crippen LogP contribution in [0.15, 0.2) is 103 Å². The van der Waals surface area contributed by atoms with E-state index in [1.54, 1.807) is 30.1 Å². The highest BCUT2D eigenvalue weighted by atomic mass is 16.6. The molecule has 0 saturated carbocycles. The molecule has 8 atom stereocenters. The summed E-state index contributed by atoms with van der Waals surface area (Å²) in [4.78, 5) is 61.0. The summed E-state index contributed by atoms with van der Waals surface area (Å²) in [5.41, 5.74) is 2.61. The Hall–Kier alpha value is -5.06. The first kappa shape index (κ1) is 35.3. The lowest BCUT2D eigenvalue weighted by Crippen LogP contribution is -2.58. The number of likely N-dealkylation sites (tertiary alicyclic amines) is 1. The lowest BCUT2D eigenvalue weighted by atomic mass is 9.77. The Labute approximate surface area is 304 Å². The number of nitrogens with zero attached hydrogens (tertiary/aromatic N) is 2. The van der Waals surface area contributed by atoms with E-state index < -0.39 is 66.3 Å². The van der Waals surface area contributed by atoms with Gasteiger partial charge in [-0.1, -0.05) is 97.1 Å². The molecule has 0 aliphatic carbocycles. The first-order valence-corrected chi connectivity index (χ1v) is 18.1. The SMILES string of the molecule is Cc1ccc(C)c(N2CC=C[C@]34O[C@@H]5/C=C\CCC(=O)N[C@H](C)[C@@H](c6ccccc6)OC(=O)[C@@H]5[C@H]3C(=O)N([C@@H](CO)Cc3ccccc3)[C@@H]4C2=O)c1. The molecular formula is C42H45N3O7. The van der Waals surface area contributed by atoms with E-state index in [1.165, 1.54) is 4.90 Å². The third-order valence-corrected chi connectivity index (χ3v) is 10.9. The minimum atomic E-state index is -1.55. The van der Waals surface area contributed by atoms with Crippen molar-refractivity contribution in [3.8, 4) is 0 Å². The van der Waals surface area contributed by atoms with Crippen LogP contribution in [-0.2, 0) is 35.1 Å². The average molecular weight is 704 g/mol. The predicted molar refractivity (Wildman–Crippen MR) is 195 cm³/mol. The summed E-state index contributed by atoms with van der Waals surface area (Å²) in [6.45, 7) is 5.50. The number of allylic oxidation sites excluding steroid dienone is 1. The molecule has 10 heteroatoms. The van der Waals surface area contributed by atoms with Gasteiger partial charge in [0.05, 0.1) is 30.7 Å². The smallest absolute Gasteiger partial charge is 0.313 e. The van der Waals surface area contributed by atoms with Gasteiger partial charge in [0.2, 0.25) is 11.8 Å². The Morgan fingerprint density at radius 2 is 1.67 bits per heavy atom. The quantitative estimate of drug-likeness (QED) is 0.286. The van der Waals surface area contributed by atoms with Gasteiger partial charge >= 0.3 is 5.97 Å². The summed E-state index contributed by atoms with van der Waals surface area (Å²) >= 11 is 0. The van der Waals surface area contributed by atoms with E-state index in [9.17, 15) is 14.7 Å². The fraction of sp³-hybridized carbons (Fsp3) is 0.381. The fourth-order valence-corrected chi connectivity index (χ4v) is 8.40. The number of rotatable bonds is 6. The van der Waals surface area contributed by atoms with E-state index in [4.69, 9.17) is 9.47 Å². The number of aryl methyl sites for hydroxylation is 2. The average Bonchev–Trinajstić information content (AvgIpc) is 3.53. The molecule has 7 rings (SSSR count). The number of carbonyl (C=O) groups excluding carboxylic acids is 4. The molecule has 4 aliphatic rings. The van der Waals surface area contributed by atoms with Crippen molar-refractivity contribution in [3.63, 3.8) is 0 Å². The molecule has 10 nitrogen and oxygen atoms in total. The van der Waals surface area contributed by atoms with Gasteiger partial charge in [-0.2, -0.15) is 0 Å². The van der Waals surface area contributed by atoms with Gasteiger partial charge in [0, 0.05) is 18.7 Å². The summed E-state index contributed by atoms with van der Waals surface area (Å²) in [7, 11) is 0. The number of hydrogen-bond acceptors (Lipinski definition) is 7. The highest BCUT2D eigenvalue weighted by molar-refractivity contribution is 6.06. The van der Waals surface area contributed by atoms with Crippen LogP contribution in [0.25, 0.3) is 0 Å². The number of aliphatic hydroxyl groups is 1. The zero-order chi connectivity index (χ0) is 36.6. The first-order chi connectivity index (χ1) is 25.1. The molecule has 4 heterocycles. The van der Waals surface area contributed by atoms with Crippen LogP contribution >= 0.6 is 0 Å². The molecule has 0 unspecified atom stereocenters. The zero-order valence-corrected chi connectivity index (χ0v) is 29.7. The molecule has 2 saturated heterocycles. The van der Waals surface area contributed by atoms with Crippen molar-refractivity contribution in [2.45, 2.75) is 76.0 Å². The number of anilines is 1. The topological polar surface area (TPSA) is 125 Å². The number of hydrogen-bond donors (Lipinski definition) is 2. The zero-order valence-electron chi connectivity index (χ0n) is 29.7. The van der Waals surface area contributed by atoms with Crippen molar-refractivity contribution in [2.24, 2.45) is 11.8 Å². The van der Waals surface area contributed by atoms with Crippen LogP contribution in [-0.4, -0.2) is 76.7 Å². The minimum Gasteiger partial charge on any atom is -0.455 e. The van der Waals surface area contributed by atoms with Crippen LogP contribution in [0, 0.1) is 25.7 Å². The van der Waals surface area contributed by atoms with Crippen LogP contribution in [0.3, 0.4) is 0 Å². The van der Waals surface area contributed by atoms with Gasteiger partial charge in [-0.3, -0.25) is 19.2 Å². The highest BCUT2D eigenvalue weighted by Crippen LogP contribution is 2.54. The van der Waals surface area contributed by atoms with E-state index in [2.05, 4.69) is 5.32 Å². The van der Waals surface area contributed by atoms with Crippen molar-refractivity contribution in [1.29, 1.82) is 0 Å². The summed E-state index contributed by atoms with van der Waals surface area (Å²) in [6, 6.07) is 22.0. The van der Waals surface area contributed by atoms with E-state index in [-0.39, 0.29) is 31.2 Å². The van der Waals surface area contributed by atoms with Crippen molar-refractivity contribution in [1.82, 2.24) is 10.2 Å². The molecule has 52 heavy (non-hydrogen) atoms. The molecule has 0 bridgehead atoms. The number of ether oxygens (including phenoxy) is 2. The molecule has 2 N–H and O–H groups in total. The maximum absolute atomic E-state index is 15.1. The second-order valence-electron chi connectivity index (χ2n) is 14.3. The number of carbonyl (C=O) groups is 4. The van der Waals surface area contributed by atoms with Gasteiger partial charge in [-0.05, 0) is 61.9 Å². The Morgan fingerprint density at radius 3 is 2.40 bits per heavy atom. The molecule has 0 aromatic heterocycles. The normalized spacial score (nSPS) is 30.2. The fourth-order valence-electron chi connectivity index (χ4n) is 8.40. The van der Waals surface area contributed by atoms with Gasteiger partial charge in [0.15, 0.2) is 0 Å². The highest BCUT2D eigenvalue weighted by Gasteiger charge is 2.72. The molecule has 3 aromatic rings. The third-order valence-electron chi connectivity index (χ3n) is 10.9. The molecule has 0 radical (unpaired) electrons. The van der Waals surface area contributed by atoms with E-state index in [0.29, 0.717) is 17.7 Å². The number of esters is 1. The first-order valence-electron chi connectivity index (χ1n) is 18.1.